The summed E-state index contributed by atoms with van der Waals surface area (Å²) in [6, 6.07) is 0.285. The van der Waals surface area contributed by atoms with E-state index in [0.29, 0.717) is 11.9 Å². The van der Waals surface area contributed by atoms with Crippen molar-refractivity contribution >= 4 is 11.9 Å². The van der Waals surface area contributed by atoms with Gasteiger partial charge in [0.15, 0.2) is 0 Å². The molecule has 0 saturated carbocycles. The van der Waals surface area contributed by atoms with E-state index in [1.165, 1.54) is 0 Å². The molecule has 0 bridgehead atoms. The predicted octanol–water partition coefficient (Wildman–Crippen LogP) is 0.484. The molecule has 7 nitrogen and oxygen atoms in total. The van der Waals surface area contributed by atoms with Crippen LogP contribution >= 0.6 is 0 Å². The van der Waals surface area contributed by atoms with Crippen molar-refractivity contribution in [2.75, 3.05) is 17.7 Å². The topological polar surface area (TPSA) is 85.8 Å². The van der Waals surface area contributed by atoms with Gasteiger partial charge in [-0.25, -0.2) is 4.98 Å². The van der Waals surface area contributed by atoms with Gasteiger partial charge in [-0.15, -0.1) is 0 Å². The Bertz CT molecular complexity index is 491. The second kappa shape index (κ2) is 4.36. The summed E-state index contributed by atoms with van der Waals surface area (Å²) in [4.78, 5) is 18.4. The van der Waals surface area contributed by atoms with E-state index >= 15 is 0 Å². The first-order valence-electron chi connectivity index (χ1n) is 5.30. The predicted molar refractivity (Wildman–Crippen MR) is 64.9 cm³/mol. The molecule has 0 spiro atoms. The van der Waals surface area contributed by atoms with Crippen molar-refractivity contribution in [3.05, 3.63) is 18.7 Å². The second-order valence-electron chi connectivity index (χ2n) is 3.97. The Balaban J connectivity index is 2.43. The van der Waals surface area contributed by atoms with Crippen LogP contribution < -0.4 is 10.6 Å². The second-order valence-corrected chi connectivity index (χ2v) is 3.97. The lowest BCUT2D eigenvalue weighted by Crippen LogP contribution is -2.28. The fraction of sp³-hybridized carbons (Fsp3) is 0.400. The van der Waals surface area contributed by atoms with Crippen molar-refractivity contribution in [2.45, 2.75) is 19.9 Å². The summed E-state index contributed by atoms with van der Waals surface area (Å²) in [5, 5.41) is 0. The number of hydrogen-bond donors (Lipinski definition) is 1. The van der Waals surface area contributed by atoms with Crippen LogP contribution in [0.4, 0.5) is 11.9 Å². The average molecular weight is 233 g/mol. The van der Waals surface area contributed by atoms with E-state index in [1.807, 2.05) is 11.9 Å². The van der Waals surface area contributed by atoms with Gasteiger partial charge in [-0.3, -0.25) is 4.57 Å². The summed E-state index contributed by atoms with van der Waals surface area (Å²) in [6.45, 7) is 4.10. The molecular formula is C10H15N7. The Morgan fingerprint density at radius 2 is 2.06 bits per heavy atom. The van der Waals surface area contributed by atoms with Crippen LogP contribution in [-0.4, -0.2) is 37.6 Å². The van der Waals surface area contributed by atoms with Crippen molar-refractivity contribution in [1.82, 2.24) is 24.5 Å². The van der Waals surface area contributed by atoms with Gasteiger partial charge in [0.2, 0.25) is 17.8 Å². The summed E-state index contributed by atoms with van der Waals surface area (Å²) in [6.07, 6.45) is 5.04. The number of nitrogen functional groups attached to an aromatic ring is 1. The SMILES string of the molecule is CC(C)N(C)c1nc(N)nc(-n2ccnc2)n1. The Morgan fingerprint density at radius 1 is 1.29 bits per heavy atom. The lowest BCUT2D eigenvalue weighted by atomic mass is 10.4. The molecule has 0 amide bonds. The maximum absolute atomic E-state index is 5.68. The molecule has 17 heavy (non-hydrogen) atoms. The third-order valence-electron chi connectivity index (χ3n) is 2.45. The Kier molecular flexibility index (Phi) is 2.90. The smallest absolute Gasteiger partial charge is 0.241 e. The largest absolute Gasteiger partial charge is 0.368 e. The summed E-state index contributed by atoms with van der Waals surface area (Å²) < 4.78 is 1.69. The van der Waals surface area contributed by atoms with Crippen LogP contribution in [-0.2, 0) is 0 Å². The summed E-state index contributed by atoms with van der Waals surface area (Å²) in [5.74, 6) is 1.22. The highest BCUT2D eigenvalue weighted by Crippen LogP contribution is 2.12. The quantitative estimate of drug-likeness (QED) is 0.830. The minimum absolute atomic E-state index is 0.200. The van der Waals surface area contributed by atoms with Gasteiger partial charge in [-0.05, 0) is 13.8 Å². The van der Waals surface area contributed by atoms with E-state index in [4.69, 9.17) is 5.73 Å². The molecule has 0 aromatic carbocycles. The van der Waals surface area contributed by atoms with Gasteiger partial charge in [-0.2, -0.15) is 15.0 Å². The van der Waals surface area contributed by atoms with Crippen molar-refractivity contribution in [3.63, 3.8) is 0 Å². The zero-order valence-corrected chi connectivity index (χ0v) is 10.1. The van der Waals surface area contributed by atoms with Crippen LogP contribution in [0.25, 0.3) is 5.95 Å². The van der Waals surface area contributed by atoms with E-state index < -0.39 is 0 Å². The van der Waals surface area contributed by atoms with E-state index in [1.54, 1.807) is 23.3 Å². The number of imidazole rings is 1. The van der Waals surface area contributed by atoms with Gasteiger partial charge in [0.05, 0.1) is 0 Å². The van der Waals surface area contributed by atoms with Gasteiger partial charge in [0.25, 0.3) is 0 Å². The molecule has 0 radical (unpaired) electrons. The maximum Gasteiger partial charge on any atom is 0.241 e. The van der Waals surface area contributed by atoms with Gasteiger partial charge in [-0.1, -0.05) is 0 Å². The number of nitrogens with two attached hydrogens (primary N) is 1. The summed E-state index contributed by atoms with van der Waals surface area (Å²) >= 11 is 0. The number of aromatic nitrogens is 5. The van der Waals surface area contributed by atoms with Crippen molar-refractivity contribution in [3.8, 4) is 5.95 Å². The lowest BCUT2D eigenvalue weighted by molar-refractivity contribution is 0.721. The van der Waals surface area contributed by atoms with E-state index in [9.17, 15) is 0 Å². The van der Waals surface area contributed by atoms with Crippen LogP contribution in [0, 0.1) is 0 Å². The molecule has 0 atom stereocenters. The van der Waals surface area contributed by atoms with Crippen LogP contribution in [0.1, 0.15) is 13.8 Å². The van der Waals surface area contributed by atoms with E-state index in [-0.39, 0.29) is 12.0 Å². The molecule has 2 aromatic rings. The fourth-order valence-electron chi connectivity index (χ4n) is 1.25. The first-order valence-corrected chi connectivity index (χ1v) is 5.30. The molecule has 0 fully saturated rings. The maximum atomic E-state index is 5.68. The molecule has 2 rings (SSSR count). The minimum atomic E-state index is 0.200. The number of anilines is 2. The van der Waals surface area contributed by atoms with Gasteiger partial charge >= 0.3 is 0 Å². The molecule has 0 unspecified atom stereocenters. The van der Waals surface area contributed by atoms with Gasteiger partial charge < -0.3 is 10.6 Å². The Hall–Kier alpha value is -2.18. The Labute approximate surface area is 99.3 Å². The third kappa shape index (κ3) is 2.32. The molecule has 7 heteroatoms. The highest BCUT2D eigenvalue weighted by molar-refractivity contribution is 5.37. The number of hydrogen-bond acceptors (Lipinski definition) is 6. The highest BCUT2D eigenvalue weighted by Gasteiger charge is 2.12. The summed E-state index contributed by atoms with van der Waals surface area (Å²) in [5.41, 5.74) is 5.68. The number of nitrogens with zero attached hydrogens (tertiary/aromatic N) is 6. The molecule has 2 heterocycles. The Morgan fingerprint density at radius 3 is 2.65 bits per heavy atom. The first kappa shape index (κ1) is 11.3. The van der Waals surface area contributed by atoms with Crippen molar-refractivity contribution in [1.29, 1.82) is 0 Å². The standard InChI is InChI=1S/C10H15N7/c1-7(2)16(3)9-13-8(11)14-10(15-9)17-5-4-12-6-17/h4-7H,1-3H3,(H2,11,13,14,15). The normalized spacial score (nSPS) is 10.8. The molecule has 0 aliphatic rings. The average Bonchev–Trinajstić information content (AvgIpc) is 2.80. The monoisotopic (exact) mass is 233 g/mol. The van der Waals surface area contributed by atoms with Gasteiger partial charge in [0.1, 0.15) is 6.33 Å². The zero-order chi connectivity index (χ0) is 12.4. The number of rotatable bonds is 3. The zero-order valence-electron chi connectivity index (χ0n) is 10.1. The van der Waals surface area contributed by atoms with Gasteiger partial charge in [0, 0.05) is 25.5 Å². The molecule has 0 saturated heterocycles. The van der Waals surface area contributed by atoms with Crippen LogP contribution in [0.5, 0.6) is 0 Å². The molecule has 2 aromatic heterocycles. The van der Waals surface area contributed by atoms with E-state index in [2.05, 4.69) is 33.8 Å². The van der Waals surface area contributed by atoms with Crippen molar-refractivity contribution in [2.24, 2.45) is 0 Å². The summed E-state index contributed by atoms with van der Waals surface area (Å²) in [7, 11) is 1.91. The minimum Gasteiger partial charge on any atom is -0.368 e. The molecule has 2 N–H and O–H groups in total. The molecule has 0 aliphatic carbocycles. The fourth-order valence-corrected chi connectivity index (χ4v) is 1.25. The van der Waals surface area contributed by atoms with E-state index in [0.717, 1.165) is 0 Å². The van der Waals surface area contributed by atoms with Crippen molar-refractivity contribution < 1.29 is 0 Å². The van der Waals surface area contributed by atoms with Crippen LogP contribution in [0.15, 0.2) is 18.7 Å². The third-order valence-corrected chi connectivity index (χ3v) is 2.45. The first-order chi connectivity index (χ1) is 8.08. The molecule has 0 aliphatic heterocycles. The lowest BCUT2D eigenvalue weighted by Gasteiger charge is -2.21. The van der Waals surface area contributed by atoms with Crippen LogP contribution in [0.3, 0.4) is 0 Å². The van der Waals surface area contributed by atoms with Crippen LogP contribution in [0.2, 0.25) is 0 Å². The highest BCUT2D eigenvalue weighted by atomic mass is 15.3. The molecule has 90 valence electrons. The molecular weight excluding hydrogens is 218 g/mol.